The average Bonchev–Trinajstić information content (AvgIpc) is 3.05. The lowest BCUT2D eigenvalue weighted by molar-refractivity contribution is -0.140. The van der Waals surface area contributed by atoms with E-state index >= 15 is 0 Å². The highest BCUT2D eigenvalue weighted by Crippen LogP contribution is 2.39. The maximum atomic E-state index is 10.6. The summed E-state index contributed by atoms with van der Waals surface area (Å²) in [5.74, 6) is -2.40. The third kappa shape index (κ3) is 9.20. The van der Waals surface area contributed by atoms with Crippen LogP contribution in [0.15, 0.2) is 0 Å². The van der Waals surface area contributed by atoms with Crippen molar-refractivity contribution in [2.24, 2.45) is 11.8 Å². The first-order chi connectivity index (χ1) is 11.8. The molecule has 2 saturated heterocycles. The second-order valence-corrected chi connectivity index (χ2v) is 9.89. The molecule has 0 aromatic rings. The van der Waals surface area contributed by atoms with E-state index in [1.807, 2.05) is 0 Å². The number of rotatable bonds is 6. The molecule has 3 unspecified atom stereocenters. The summed E-state index contributed by atoms with van der Waals surface area (Å²) in [5.41, 5.74) is 0. The van der Waals surface area contributed by atoms with Crippen LogP contribution < -0.4 is 10.6 Å². The molecule has 8 N–H and O–H groups in total. The van der Waals surface area contributed by atoms with Gasteiger partial charge in [0.25, 0.3) is 0 Å². The van der Waals surface area contributed by atoms with E-state index in [2.05, 4.69) is 10.6 Å². The molecule has 12 nitrogen and oxygen atoms in total. The summed E-state index contributed by atoms with van der Waals surface area (Å²) in [7, 11) is -8.01. The Morgan fingerprint density at radius 1 is 0.769 bits per heavy atom. The summed E-state index contributed by atoms with van der Waals surface area (Å²) in [6.45, 7) is 0.726. The minimum Gasteiger partial charge on any atom is -0.480 e. The zero-order valence-electron chi connectivity index (χ0n) is 13.8. The summed E-state index contributed by atoms with van der Waals surface area (Å²) >= 11 is 0. The lowest BCUT2D eigenvalue weighted by Crippen LogP contribution is -2.29. The summed E-state index contributed by atoms with van der Waals surface area (Å²) in [6, 6.07) is -1.31. The van der Waals surface area contributed by atoms with Crippen molar-refractivity contribution >= 4 is 27.1 Å². The molecule has 0 aromatic carbocycles. The third-order valence-corrected chi connectivity index (χ3v) is 6.02. The maximum absolute atomic E-state index is 10.6. The predicted molar refractivity (Wildman–Crippen MR) is 88.9 cm³/mol. The van der Waals surface area contributed by atoms with Gasteiger partial charge >= 0.3 is 27.1 Å². The summed E-state index contributed by atoms with van der Waals surface area (Å²) in [5, 5.41) is 22.5. The first-order valence-corrected chi connectivity index (χ1v) is 11.4. The minimum atomic E-state index is -4.00. The molecular weight excluding hydrogens is 394 g/mol. The molecule has 26 heavy (non-hydrogen) atoms. The molecule has 4 atom stereocenters. The monoisotopic (exact) mass is 418 g/mol. The van der Waals surface area contributed by atoms with Gasteiger partial charge in [0.05, 0.1) is 12.3 Å². The van der Waals surface area contributed by atoms with Crippen molar-refractivity contribution in [3.63, 3.8) is 0 Å². The molecule has 0 aromatic heterocycles. The second kappa shape index (κ2) is 9.38. The van der Waals surface area contributed by atoms with Crippen molar-refractivity contribution in [3.8, 4) is 0 Å². The molecule has 2 fully saturated rings. The SMILES string of the molecule is O=C(O)C1CC(CP(=O)(O)O)CN1.O=C(O)[C@@H]1CC(CP(=O)(O)O)CN1. The van der Waals surface area contributed by atoms with Crippen LogP contribution in [-0.2, 0) is 18.7 Å². The first-order valence-electron chi connectivity index (χ1n) is 7.78. The van der Waals surface area contributed by atoms with E-state index < -0.39 is 39.2 Å². The van der Waals surface area contributed by atoms with E-state index in [1.54, 1.807) is 0 Å². The highest BCUT2D eigenvalue weighted by molar-refractivity contribution is 7.52. The van der Waals surface area contributed by atoms with Gasteiger partial charge < -0.3 is 40.4 Å². The largest absolute Gasteiger partial charge is 0.480 e. The number of carboxylic acids is 2. The fraction of sp³-hybridized carbons (Fsp3) is 0.833. The fourth-order valence-corrected chi connectivity index (χ4v) is 4.85. The van der Waals surface area contributed by atoms with Crippen LogP contribution in [0, 0.1) is 11.8 Å². The zero-order valence-corrected chi connectivity index (χ0v) is 15.6. The van der Waals surface area contributed by atoms with E-state index in [-0.39, 0.29) is 24.2 Å². The van der Waals surface area contributed by atoms with E-state index in [9.17, 15) is 18.7 Å². The molecule has 0 amide bonds. The van der Waals surface area contributed by atoms with Gasteiger partial charge in [-0.05, 0) is 37.8 Å². The van der Waals surface area contributed by atoms with Crippen molar-refractivity contribution in [1.82, 2.24) is 10.6 Å². The highest BCUT2D eigenvalue weighted by Gasteiger charge is 2.33. The zero-order chi connectivity index (χ0) is 20.1. The van der Waals surface area contributed by atoms with Gasteiger partial charge in [-0.25, -0.2) is 0 Å². The average molecular weight is 418 g/mol. The number of nitrogens with one attached hydrogen (secondary N) is 2. The van der Waals surface area contributed by atoms with Crippen LogP contribution in [0.5, 0.6) is 0 Å². The predicted octanol–water partition coefficient (Wildman–Crippen LogP) is -1.55. The van der Waals surface area contributed by atoms with E-state index in [1.165, 1.54) is 0 Å². The Labute approximate surface area is 149 Å². The van der Waals surface area contributed by atoms with Gasteiger partial charge in [0.15, 0.2) is 0 Å². The number of aliphatic carboxylic acids is 2. The lowest BCUT2D eigenvalue weighted by Gasteiger charge is -2.08. The normalized spacial score (nSPS) is 29.1. The number of carboxylic acid groups (broad SMARTS) is 2. The van der Waals surface area contributed by atoms with Gasteiger partial charge in [-0.15, -0.1) is 0 Å². The Morgan fingerprint density at radius 3 is 1.27 bits per heavy atom. The Kier molecular flexibility index (Phi) is 8.37. The Morgan fingerprint density at radius 2 is 1.08 bits per heavy atom. The topological polar surface area (TPSA) is 214 Å². The van der Waals surface area contributed by atoms with Crippen molar-refractivity contribution in [3.05, 3.63) is 0 Å². The van der Waals surface area contributed by atoms with Gasteiger partial charge in [-0.3, -0.25) is 18.7 Å². The number of carbonyl (C=O) groups is 2. The quantitative estimate of drug-likeness (QED) is 0.230. The summed E-state index contributed by atoms with van der Waals surface area (Å²) in [6.07, 6.45) is 0.119. The van der Waals surface area contributed by atoms with Crippen molar-refractivity contribution in [2.45, 2.75) is 24.9 Å². The summed E-state index contributed by atoms with van der Waals surface area (Å²) < 4.78 is 21.2. The van der Waals surface area contributed by atoms with Gasteiger partial charge in [0.1, 0.15) is 12.1 Å². The van der Waals surface area contributed by atoms with Gasteiger partial charge in [0.2, 0.25) is 0 Å². The van der Waals surface area contributed by atoms with Crippen molar-refractivity contribution in [1.29, 1.82) is 0 Å². The van der Waals surface area contributed by atoms with Crippen LogP contribution in [0.1, 0.15) is 12.8 Å². The van der Waals surface area contributed by atoms with Crippen LogP contribution in [-0.4, -0.2) is 79.2 Å². The van der Waals surface area contributed by atoms with Crippen LogP contribution in [0.25, 0.3) is 0 Å². The molecule has 152 valence electrons. The van der Waals surface area contributed by atoms with Crippen LogP contribution >= 0.6 is 15.2 Å². The standard InChI is InChI=1S/2C6H12NO5P/c2*8-6(9)5-1-4(2-7-5)3-13(10,11)12/h2*4-5,7H,1-3H2,(H,8,9)(H2,10,11,12)/t4?,5-;/m0./s1. The fourth-order valence-electron chi connectivity index (χ4n) is 2.94. The molecule has 0 saturated carbocycles. The molecule has 14 heteroatoms. The summed E-state index contributed by atoms with van der Waals surface area (Å²) in [4.78, 5) is 55.5. The van der Waals surface area contributed by atoms with Crippen molar-refractivity contribution < 1.29 is 48.5 Å². The van der Waals surface area contributed by atoms with Gasteiger partial charge in [-0.1, -0.05) is 0 Å². The van der Waals surface area contributed by atoms with Crippen LogP contribution in [0.2, 0.25) is 0 Å². The lowest BCUT2D eigenvalue weighted by atomic mass is 10.1. The molecule has 2 heterocycles. The maximum Gasteiger partial charge on any atom is 0.325 e. The van der Waals surface area contributed by atoms with E-state index in [0.717, 1.165) is 0 Å². The molecule has 0 spiro atoms. The third-order valence-electron chi connectivity index (χ3n) is 4.03. The first kappa shape index (κ1) is 23.2. The van der Waals surface area contributed by atoms with Gasteiger partial charge in [0, 0.05) is 0 Å². The molecule has 2 aliphatic rings. The molecule has 0 aliphatic carbocycles. The molecule has 0 radical (unpaired) electrons. The Bertz CT molecular complexity index is 551. The van der Waals surface area contributed by atoms with Crippen LogP contribution in [0.3, 0.4) is 0 Å². The van der Waals surface area contributed by atoms with Gasteiger partial charge in [-0.2, -0.15) is 0 Å². The second-order valence-electron chi connectivity index (χ2n) is 6.50. The Hall–Kier alpha value is -0.840. The minimum absolute atomic E-state index is 0.232. The molecular formula is C12H24N2O10P2. The number of hydrogen-bond acceptors (Lipinski definition) is 6. The molecule has 2 rings (SSSR count). The highest BCUT2D eigenvalue weighted by atomic mass is 31.2. The van der Waals surface area contributed by atoms with Crippen molar-refractivity contribution in [2.75, 3.05) is 25.4 Å². The number of hydrogen-bond donors (Lipinski definition) is 8. The Balaban J connectivity index is 0.000000260. The smallest absolute Gasteiger partial charge is 0.325 e. The molecule has 0 bridgehead atoms. The van der Waals surface area contributed by atoms with Crippen LogP contribution in [0.4, 0.5) is 0 Å². The van der Waals surface area contributed by atoms with E-state index in [4.69, 9.17) is 29.8 Å². The van der Waals surface area contributed by atoms with E-state index in [0.29, 0.717) is 25.9 Å². The molecule has 2 aliphatic heterocycles.